The van der Waals surface area contributed by atoms with Gasteiger partial charge in [-0.15, -0.1) is 0 Å². The van der Waals surface area contributed by atoms with E-state index in [0.717, 1.165) is 16.5 Å². The van der Waals surface area contributed by atoms with Crippen molar-refractivity contribution in [3.63, 3.8) is 0 Å². The van der Waals surface area contributed by atoms with Crippen LogP contribution >= 0.6 is 0 Å². The minimum Gasteiger partial charge on any atom is -0.468 e. The van der Waals surface area contributed by atoms with Gasteiger partial charge in [0.25, 0.3) is 0 Å². The molecule has 0 unspecified atom stereocenters. The fourth-order valence-electron chi connectivity index (χ4n) is 1.49. The number of fused-ring (bicyclic) bond motifs is 1. The van der Waals surface area contributed by atoms with E-state index in [-0.39, 0.29) is 12.4 Å². The van der Waals surface area contributed by atoms with Gasteiger partial charge in [-0.2, -0.15) is 0 Å². The monoisotopic (exact) mass is 225 g/mol. The number of carbonyl (C=O) groups is 1. The van der Waals surface area contributed by atoms with Crippen LogP contribution in [0.25, 0.3) is 10.9 Å². The molecule has 3 heteroatoms. The Hall–Kier alpha value is -2.34. The lowest BCUT2D eigenvalue weighted by atomic mass is 10.1. The van der Waals surface area contributed by atoms with Crippen molar-refractivity contribution < 1.29 is 9.53 Å². The Bertz CT molecular complexity index is 603. The first-order chi connectivity index (χ1) is 8.31. The van der Waals surface area contributed by atoms with E-state index in [0.29, 0.717) is 0 Å². The quantitative estimate of drug-likeness (QED) is 0.551. The lowest BCUT2D eigenvalue weighted by Gasteiger charge is -1.98. The molecule has 0 atom stereocenters. The van der Waals surface area contributed by atoms with Crippen LogP contribution in [0.2, 0.25) is 0 Å². The minimum absolute atomic E-state index is 0.0969. The fraction of sp³-hybridized carbons (Fsp3) is 0.143. The second-order valence-corrected chi connectivity index (χ2v) is 3.44. The summed E-state index contributed by atoms with van der Waals surface area (Å²) in [5.41, 5.74) is 1.68. The second kappa shape index (κ2) is 5.13. The molecule has 0 fully saturated rings. The van der Waals surface area contributed by atoms with Crippen molar-refractivity contribution in [3.8, 4) is 11.8 Å². The Morgan fingerprint density at radius 3 is 3.00 bits per heavy atom. The highest BCUT2D eigenvalue weighted by atomic mass is 16.5. The SMILES string of the molecule is COC(=O)CC#Cc1cccc2cccnc12. The van der Waals surface area contributed by atoms with E-state index in [2.05, 4.69) is 21.6 Å². The Morgan fingerprint density at radius 2 is 2.18 bits per heavy atom. The summed E-state index contributed by atoms with van der Waals surface area (Å²) in [7, 11) is 1.35. The number of carbonyl (C=O) groups excluding carboxylic acids is 1. The van der Waals surface area contributed by atoms with Crippen LogP contribution in [0.15, 0.2) is 36.5 Å². The van der Waals surface area contributed by atoms with Gasteiger partial charge in [0.2, 0.25) is 0 Å². The molecule has 3 nitrogen and oxygen atoms in total. The van der Waals surface area contributed by atoms with Gasteiger partial charge in [-0.25, -0.2) is 0 Å². The molecule has 0 aliphatic rings. The van der Waals surface area contributed by atoms with E-state index in [1.54, 1.807) is 6.20 Å². The first-order valence-electron chi connectivity index (χ1n) is 5.20. The maximum Gasteiger partial charge on any atom is 0.317 e. The van der Waals surface area contributed by atoms with E-state index in [1.165, 1.54) is 7.11 Å². The molecule has 0 aliphatic carbocycles. The highest BCUT2D eigenvalue weighted by molar-refractivity contribution is 5.84. The second-order valence-electron chi connectivity index (χ2n) is 3.44. The normalized spacial score (nSPS) is 9.47. The van der Waals surface area contributed by atoms with Crippen LogP contribution in [-0.4, -0.2) is 18.1 Å². The molecular weight excluding hydrogens is 214 g/mol. The lowest BCUT2D eigenvalue weighted by molar-refractivity contribution is -0.139. The molecule has 0 saturated carbocycles. The first-order valence-corrected chi connectivity index (χ1v) is 5.20. The number of nitrogens with zero attached hydrogens (tertiary/aromatic N) is 1. The number of esters is 1. The zero-order valence-electron chi connectivity index (χ0n) is 9.43. The van der Waals surface area contributed by atoms with Crippen LogP contribution in [0.5, 0.6) is 0 Å². The summed E-state index contributed by atoms with van der Waals surface area (Å²) in [5.74, 6) is 5.39. The molecule has 0 bridgehead atoms. The van der Waals surface area contributed by atoms with E-state index in [1.807, 2.05) is 30.3 Å². The van der Waals surface area contributed by atoms with Gasteiger partial charge in [-0.05, 0) is 12.1 Å². The Morgan fingerprint density at radius 1 is 1.35 bits per heavy atom. The fourth-order valence-corrected chi connectivity index (χ4v) is 1.49. The smallest absolute Gasteiger partial charge is 0.317 e. The summed E-state index contributed by atoms with van der Waals surface area (Å²) in [4.78, 5) is 15.2. The largest absolute Gasteiger partial charge is 0.468 e. The molecule has 1 aromatic carbocycles. The summed E-state index contributed by atoms with van der Waals surface area (Å²) in [6.45, 7) is 0. The number of methoxy groups -OCH3 is 1. The Labute approximate surface area is 99.4 Å². The van der Waals surface area contributed by atoms with Gasteiger partial charge in [0, 0.05) is 11.6 Å². The van der Waals surface area contributed by atoms with Crippen LogP contribution < -0.4 is 0 Å². The molecule has 84 valence electrons. The zero-order chi connectivity index (χ0) is 12.1. The third-order valence-corrected chi connectivity index (χ3v) is 2.32. The molecule has 0 aliphatic heterocycles. The number of ether oxygens (including phenoxy) is 1. The highest BCUT2D eigenvalue weighted by Gasteiger charge is 1.98. The molecule has 1 heterocycles. The van der Waals surface area contributed by atoms with E-state index in [9.17, 15) is 4.79 Å². The van der Waals surface area contributed by atoms with Crippen LogP contribution in [0, 0.1) is 11.8 Å². The van der Waals surface area contributed by atoms with Crippen molar-refractivity contribution in [2.45, 2.75) is 6.42 Å². The Kier molecular flexibility index (Phi) is 3.37. The third kappa shape index (κ3) is 2.61. The highest BCUT2D eigenvalue weighted by Crippen LogP contribution is 2.14. The predicted octanol–water partition coefficient (Wildman–Crippen LogP) is 2.15. The van der Waals surface area contributed by atoms with E-state index >= 15 is 0 Å². The minimum atomic E-state index is -0.328. The number of hydrogen-bond donors (Lipinski definition) is 0. The molecule has 2 aromatic rings. The third-order valence-electron chi connectivity index (χ3n) is 2.32. The summed E-state index contributed by atoms with van der Waals surface area (Å²) < 4.78 is 4.52. The van der Waals surface area contributed by atoms with Crippen molar-refractivity contribution in [1.82, 2.24) is 4.98 Å². The van der Waals surface area contributed by atoms with Crippen molar-refractivity contribution in [2.75, 3.05) is 7.11 Å². The molecule has 0 saturated heterocycles. The molecular formula is C14H11NO2. The summed E-state index contributed by atoms with van der Waals surface area (Å²) in [5, 5.41) is 1.04. The van der Waals surface area contributed by atoms with Gasteiger partial charge in [-0.3, -0.25) is 9.78 Å². The summed E-state index contributed by atoms with van der Waals surface area (Å²) in [6, 6.07) is 9.65. The maximum atomic E-state index is 10.9. The number of aromatic nitrogens is 1. The van der Waals surface area contributed by atoms with E-state index < -0.39 is 0 Å². The average molecular weight is 225 g/mol. The van der Waals surface area contributed by atoms with Crippen LogP contribution in [0.3, 0.4) is 0 Å². The average Bonchev–Trinajstić information content (AvgIpc) is 2.39. The van der Waals surface area contributed by atoms with Crippen molar-refractivity contribution >= 4 is 16.9 Å². The van der Waals surface area contributed by atoms with Gasteiger partial charge in [-0.1, -0.05) is 30.0 Å². The van der Waals surface area contributed by atoms with Gasteiger partial charge < -0.3 is 4.74 Å². The molecule has 0 amide bonds. The summed E-state index contributed by atoms with van der Waals surface area (Å²) in [6.07, 6.45) is 1.83. The van der Waals surface area contributed by atoms with Crippen molar-refractivity contribution in [3.05, 3.63) is 42.1 Å². The maximum absolute atomic E-state index is 10.9. The molecule has 0 spiro atoms. The van der Waals surface area contributed by atoms with Crippen LogP contribution in [-0.2, 0) is 9.53 Å². The van der Waals surface area contributed by atoms with Gasteiger partial charge in [0.05, 0.1) is 18.2 Å². The topological polar surface area (TPSA) is 39.2 Å². The van der Waals surface area contributed by atoms with Crippen LogP contribution in [0.1, 0.15) is 12.0 Å². The number of benzene rings is 1. The van der Waals surface area contributed by atoms with Gasteiger partial charge in [0.15, 0.2) is 0 Å². The number of para-hydroxylation sites is 1. The van der Waals surface area contributed by atoms with Crippen molar-refractivity contribution in [1.29, 1.82) is 0 Å². The zero-order valence-corrected chi connectivity index (χ0v) is 9.43. The van der Waals surface area contributed by atoms with Crippen LogP contribution in [0.4, 0.5) is 0 Å². The first kappa shape index (κ1) is 11.2. The number of hydrogen-bond acceptors (Lipinski definition) is 3. The van der Waals surface area contributed by atoms with E-state index in [4.69, 9.17) is 0 Å². The predicted molar refractivity (Wildman–Crippen MR) is 65.3 cm³/mol. The molecule has 0 radical (unpaired) electrons. The van der Waals surface area contributed by atoms with Gasteiger partial charge >= 0.3 is 5.97 Å². The van der Waals surface area contributed by atoms with Crippen molar-refractivity contribution in [2.24, 2.45) is 0 Å². The van der Waals surface area contributed by atoms with Gasteiger partial charge in [0.1, 0.15) is 6.42 Å². The molecule has 2 rings (SSSR count). The number of rotatable bonds is 1. The molecule has 17 heavy (non-hydrogen) atoms. The summed E-state index contributed by atoms with van der Waals surface area (Å²) >= 11 is 0. The molecule has 0 N–H and O–H groups in total. The number of pyridine rings is 1. The molecule has 1 aromatic heterocycles. The Balaban J connectivity index is 2.33. The lowest BCUT2D eigenvalue weighted by Crippen LogP contribution is -1.97. The standard InChI is InChI=1S/C14H11NO2/c1-17-13(16)9-3-7-11-5-2-6-12-8-4-10-15-14(11)12/h2,4-6,8,10H,9H2,1H3.